The van der Waals surface area contributed by atoms with Gasteiger partial charge in [0.05, 0.1) is 20.3 Å². The minimum atomic E-state index is 0. The summed E-state index contributed by atoms with van der Waals surface area (Å²) in [7, 11) is 3.20. The number of halogens is 2. The van der Waals surface area contributed by atoms with Crippen molar-refractivity contribution in [2.24, 2.45) is 10.7 Å². The third-order valence-corrected chi connectivity index (χ3v) is 4.23. The normalized spacial score (nSPS) is 18.9. The van der Waals surface area contributed by atoms with E-state index in [1.165, 1.54) is 5.56 Å². The molecule has 0 heterocycles. The fourth-order valence-electron chi connectivity index (χ4n) is 2.69. The molecule has 2 atom stereocenters. The number of benzene rings is 2. The lowest BCUT2D eigenvalue weighted by Gasteiger charge is -2.11. The van der Waals surface area contributed by atoms with Gasteiger partial charge in [-0.2, -0.15) is 0 Å². The summed E-state index contributed by atoms with van der Waals surface area (Å²) < 4.78 is 10.5. The number of ether oxygens (including phenoxy) is 2. The van der Waals surface area contributed by atoms with E-state index in [0.29, 0.717) is 23.4 Å². The summed E-state index contributed by atoms with van der Waals surface area (Å²) in [6, 6.07) is 13.6. The van der Waals surface area contributed by atoms with Gasteiger partial charge in [0.1, 0.15) is 0 Å². The first-order valence-electron chi connectivity index (χ1n) is 7.68. The Bertz CT molecular complexity index is 770. The van der Waals surface area contributed by atoms with Crippen LogP contribution in [0, 0.1) is 0 Å². The minimum absolute atomic E-state index is 0. The second-order valence-corrected chi connectivity index (χ2v) is 6.11. The molecule has 0 spiro atoms. The molecule has 0 radical (unpaired) electrons. The standard InChI is InChI=1S/C18H20ClN3O2.HI/c1-23-16-7-6-13(9-17(16)24-2)21-18(20)22-15-10-14(15)11-4-3-5-12(19)8-11;/h3-9,14-15H,10H2,1-2H3,(H3,20,21,22);1H. The predicted molar refractivity (Wildman–Crippen MR) is 113 cm³/mol. The zero-order chi connectivity index (χ0) is 17.1. The molecule has 0 aliphatic heterocycles. The van der Waals surface area contributed by atoms with E-state index in [1.54, 1.807) is 14.2 Å². The first-order valence-corrected chi connectivity index (χ1v) is 8.06. The number of methoxy groups -OCH3 is 2. The van der Waals surface area contributed by atoms with E-state index in [0.717, 1.165) is 17.1 Å². The summed E-state index contributed by atoms with van der Waals surface area (Å²) in [6.45, 7) is 0. The molecule has 7 heteroatoms. The molecule has 2 aromatic rings. The van der Waals surface area contributed by atoms with Crippen LogP contribution >= 0.6 is 35.6 Å². The Morgan fingerprint density at radius 2 is 1.92 bits per heavy atom. The van der Waals surface area contributed by atoms with Crippen molar-refractivity contribution < 1.29 is 9.47 Å². The van der Waals surface area contributed by atoms with Gasteiger partial charge in [-0.25, -0.2) is 4.99 Å². The molecule has 0 saturated heterocycles. The number of nitrogens with one attached hydrogen (secondary N) is 1. The average molecular weight is 474 g/mol. The zero-order valence-electron chi connectivity index (χ0n) is 14.0. The van der Waals surface area contributed by atoms with Crippen LogP contribution in [-0.4, -0.2) is 26.2 Å². The Kier molecular flexibility index (Phi) is 6.78. The molecule has 0 amide bonds. The highest BCUT2D eigenvalue weighted by Crippen LogP contribution is 2.44. The van der Waals surface area contributed by atoms with Crippen molar-refractivity contribution in [2.45, 2.75) is 18.4 Å². The van der Waals surface area contributed by atoms with Crippen molar-refractivity contribution in [3.8, 4) is 11.5 Å². The predicted octanol–water partition coefficient (Wildman–Crippen LogP) is 4.26. The zero-order valence-corrected chi connectivity index (χ0v) is 17.1. The molecule has 134 valence electrons. The van der Waals surface area contributed by atoms with Crippen LogP contribution in [0.5, 0.6) is 11.5 Å². The molecule has 0 bridgehead atoms. The van der Waals surface area contributed by atoms with Gasteiger partial charge in [-0.05, 0) is 36.2 Å². The van der Waals surface area contributed by atoms with Gasteiger partial charge in [0, 0.05) is 22.7 Å². The van der Waals surface area contributed by atoms with Crippen molar-refractivity contribution in [1.29, 1.82) is 0 Å². The van der Waals surface area contributed by atoms with Gasteiger partial charge in [0.25, 0.3) is 0 Å². The van der Waals surface area contributed by atoms with Crippen LogP contribution in [0.2, 0.25) is 5.02 Å². The van der Waals surface area contributed by atoms with Crippen molar-refractivity contribution in [1.82, 2.24) is 0 Å². The maximum atomic E-state index is 6.04. The van der Waals surface area contributed by atoms with Crippen LogP contribution < -0.4 is 20.5 Å². The molecule has 1 aliphatic carbocycles. The minimum Gasteiger partial charge on any atom is -0.493 e. The Labute approximate surface area is 169 Å². The van der Waals surface area contributed by atoms with Crippen LogP contribution in [0.3, 0.4) is 0 Å². The number of rotatable bonds is 5. The summed E-state index contributed by atoms with van der Waals surface area (Å²) in [5.74, 6) is 2.08. The first kappa shape index (κ1) is 19.7. The topological polar surface area (TPSA) is 68.9 Å². The number of guanidine groups is 1. The first-order chi connectivity index (χ1) is 11.6. The molecule has 2 unspecified atom stereocenters. The number of hydrogen-bond acceptors (Lipinski definition) is 3. The number of nitrogens with two attached hydrogens (primary N) is 1. The monoisotopic (exact) mass is 473 g/mol. The molecule has 3 rings (SSSR count). The molecule has 5 nitrogen and oxygen atoms in total. The van der Waals surface area contributed by atoms with Gasteiger partial charge in [-0.1, -0.05) is 23.7 Å². The highest BCUT2D eigenvalue weighted by atomic mass is 127. The molecule has 3 N–H and O–H groups in total. The summed E-state index contributed by atoms with van der Waals surface area (Å²) in [4.78, 5) is 4.54. The maximum Gasteiger partial charge on any atom is 0.193 e. The second-order valence-electron chi connectivity index (χ2n) is 5.67. The lowest BCUT2D eigenvalue weighted by molar-refractivity contribution is 0.355. The van der Waals surface area contributed by atoms with E-state index >= 15 is 0 Å². The van der Waals surface area contributed by atoms with Crippen molar-refractivity contribution in [3.05, 3.63) is 53.1 Å². The third kappa shape index (κ3) is 4.92. The SMILES string of the molecule is COc1ccc(NC(N)=NC2CC2c2cccc(Cl)c2)cc1OC.I. The molecular weight excluding hydrogens is 453 g/mol. The summed E-state index contributed by atoms with van der Waals surface area (Å²) in [5.41, 5.74) is 8.02. The van der Waals surface area contributed by atoms with E-state index in [9.17, 15) is 0 Å². The largest absolute Gasteiger partial charge is 0.493 e. The number of hydrogen-bond donors (Lipinski definition) is 2. The van der Waals surface area contributed by atoms with E-state index < -0.39 is 0 Å². The lowest BCUT2D eigenvalue weighted by Crippen LogP contribution is -2.23. The van der Waals surface area contributed by atoms with Crippen LogP contribution in [0.25, 0.3) is 0 Å². The van der Waals surface area contributed by atoms with Crippen LogP contribution in [0.1, 0.15) is 17.9 Å². The third-order valence-electron chi connectivity index (χ3n) is 3.99. The van der Waals surface area contributed by atoms with Crippen LogP contribution in [-0.2, 0) is 0 Å². The highest BCUT2D eigenvalue weighted by Gasteiger charge is 2.38. The van der Waals surface area contributed by atoms with Gasteiger partial charge in [0.15, 0.2) is 17.5 Å². The molecule has 1 fully saturated rings. The highest BCUT2D eigenvalue weighted by molar-refractivity contribution is 14.0. The van der Waals surface area contributed by atoms with E-state index in [4.69, 9.17) is 26.8 Å². The fraction of sp³-hybridized carbons (Fsp3) is 0.278. The summed E-state index contributed by atoms with van der Waals surface area (Å²) in [6.07, 6.45) is 0.981. The van der Waals surface area contributed by atoms with Crippen LogP contribution in [0.4, 0.5) is 5.69 Å². The molecular formula is C18H21ClIN3O2. The number of anilines is 1. The summed E-state index contributed by atoms with van der Waals surface area (Å²) in [5, 5.41) is 3.84. The Morgan fingerprint density at radius 1 is 1.16 bits per heavy atom. The maximum absolute atomic E-state index is 6.04. The van der Waals surface area contributed by atoms with Crippen molar-refractivity contribution in [3.63, 3.8) is 0 Å². The molecule has 1 saturated carbocycles. The van der Waals surface area contributed by atoms with Gasteiger partial charge in [0.2, 0.25) is 0 Å². The summed E-state index contributed by atoms with van der Waals surface area (Å²) >= 11 is 6.04. The van der Waals surface area contributed by atoms with Gasteiger partial charge in [-0.15, -0.1) is 24.0 Å². The van der Waals surface area contributed by atoms with Crippen molar-refractivity contribution in [2.75, 3.05) is 19.5 Å². The second kappa shape index (κ2) is 8.62. The van der Waals surface area contributed by atoms with Crippen molar-refractivity contribution >= 4 is 47.2 Å². The fourth-order valence-corrected chi connectivity index (χ4v) is 2.89. The molecule has 25 heavy (non-hydrogen) atoms. The smallest absolute Gasteiger partial charge is 0.193 e. The van der Waals surface area contributed by atoms with E-state index in [1.807, 2.05) is 36.4 Å². The van der Waals surface area contributed by atoms with E-state index in [-0.39, 0.29) is 30.0 Å². The van der Waals surface area contributed by atoms with Gasteiger partial charge >= 0.3 is 0 Å². The molecule has 1 aliphatic rings. The number of nitrogens with zero attached hydrogens (tertiary/aromatic N) is 1. The quantitative estimate of drug-likeness (QED) is 0.387. The Hall–Kier alpha value is -1.67. The molecule has 0 aromatic heterocycles. The lowest BCUT2D eigenvalue weighted by atomic mass is 10.1. The van der Waals surface area contributed by atoms with Gasteiger partial charge in [-0.3, -0.25) is 0 Å². The Morgan fingerprint density at radius 3 is 2.60 bits per heavy atom. The van der Waals surface area contributed by atoms with E-state index in [2.05, 4.69) is 16.4 Å². The number of aliphatic imine (C=N–C) groups is 1. The average Bonchev–Trinajstić information content (AvgIpc) is 3.33. The molecule has 2 aromatic carbocycles. The van der Waals surface area contributed by atoms with Crippen LogP contribution in [0.15, 0.2) is 47.5 Å². The van der Waals surface area contributed by atoms with Gasteiger partial charge < -0.3 is 20.5 Å². The Balaban J connectivity index is 0.00000225.